The van der Waals surface area contributed by atoms with Crippen molar-refractivity contribution in [2.24, 2.45) is 4.99 Å². The summed E-state index contributed by atoms with van der Waals surface area (Å²) in [5, 5.41) is 12.4. The van der Waals surface area contributed by atoms with Crippen molar-refractivity contribution in [3.63, 3.8) is 0 Å². The number of esters is 1. The zero-order chi connectivity index (χ0) is 33.1. The number of rotatable bonds is 9. The van der Waals surface area contributed by atoms with Crippen LogP contribution in [0.2, 0.25) is 0 Å². The molecule has 6 rings (SSSR count). The van der Waals surface area contributed by atoms with Crippen LogP contribution < -0.4 is 19.6 Å². The fraction of sp³-hybridized carbons (Fsp3) is 0.121. The summed E-state index contributed by atoms with van der Waals surface area (Å²) in [6.07, 6.45) is 4.70. The topological polar surface area (TPSA) is 139 Å². The molecule has 1 atom stereocenters. The van der Waals surface area contributed by atoms with Crippen molar-refractivity contribution < 1.29 is 19.2 Å². The van der Waals surface area contributed by atoms with Crippen molar-refractivity contribution in [2.75, 3.05) is 13.7 Å². The fourth-order valence-electron chi connectivity index (χ4n) is 5.09. The van der Waals surface area contributed by atoms with E-state index < -0.39 is 22.5 Å². The maximum Gasteiger partial charge on any atom is 0.338 e. The minimum atomic E-state index is -0.964. The van der Waals surface area contributed by atoms with Gasteiger partial charge in [-0.2, -0.15) is 0 Å². The maximum atomic E-state index is 14.3. The molecule has 0 aliphatic carbocycles. The number of benzene rings is 3. The lowest BCUT2D eigenvalue weighted by Gasteiger charge is -2.27. The quantitative estimate of drug-likeness (QED) is 0.0827. The van der Waals surface area contributed by atoms with Gasteiger partial charge in [-0.05, 0) is 60.7 Å². The number of nitro benzene ring substituents is 1. The minimum absolute atomic E-state index is 0.112. The first-order valence-corrected chi connectivity index (χ1v) is 16.6. The molecule has 0 bridgehead atoms. The van der Waals surface area contributed by atoms with Crippen LogP contribution in [0, 0.1) is 10.1 Å². The summed E-state index contributed by atoms with van der Waals surface area (Å²) in [6, 6.07) is 19.9. The highest BCUT2D eigenvalue weighted by Gasteiger charge is 2.37. The van der Waals surface area contributed by atoms with E-state index in [4.69, 9.17) is 14.5 Å². The van der Waals surface area contributed by atoms with E-state index in [-0.39, 0.29) is 22.4 Å². The zero-order valence-corrected chi connectivity index (χ0v) is 28.0. The Morgan fingerprint density at radius 1 is 1.11 bits per heavy atom. The Labute approximate surface area is 284 Å². The number of aromatic nitrogens is 3. The SMILES string of the molecule is CCOC(=O)C1=C(c2ccccc2)N=c2s/c(=C\c3ccc(Sc4ncccn4)c([N+](=O)[O-])c3)c(=O)n2[C@@H]1c1cc(Br)ccc1OC. The van der Waals surface area contributed by atoms with Crippen molar-refractivity contribution in [2.45, 2.75) is 23.0 Å². The molecule has 236 valence electrons. The second kappa shape index (κ2) is 13.8. The second-order valence-corrected chi connectivity index (χ2v) is 12.9. The number of carbonyl (C=O) groups is 1. The summed E-state index contributed by atoms with van der Waals surface area (Å²) in [4.78, 5) is 53.4. The van der Waals surface area contributed by atoms with E-state index in [1.165, 1.54) is 17.7 Å². The normalized spacial score (nSPS) is 14.4. The van der Waals surface area contributed by atoms with Gasteiger partial charge in [0.15, 0.2) is 9.96 Å². The number of nitro groups is 1. The fourth-order valence-corrected chi connectivity index (χ4v) is 7.27. The number of carbonyl (C=O) groups excluding carboxylic acids is 1. The van der Waals surface area contributed by atoms with E-state index in [0.717, 1.165) is 23.1 Å². The summed E-state index contributed by atoms with van der Waals surface area (Å²) in [6.45, 7) is 1.82. The molecule has 47 heavy (non-hydrogen) atoms. The molecule has 0 saturated heterocycles. The Morgan fingerprint density at radius 3 is 2.57 bits per heavy atom. The summed E-state index contributed by atoms with van der Waals surface area (Å²) >= 11 is 5.71. The zero-order valence-electron chi connectivity index (χ0n) is 24.8. The highest BCUT2D eigenvalue weighted by Crippen LogP contribution is 2.40. The van der Waals surface area contributed by atoms with Gasteiger partial charge in [-0.1, -0.05) is 63.7 Å². The van der Waals surface area contributed by atoms with Crippen molar-refractivity contribution in [1.29, 1.82) is 0 Å². The van der Waals surface area contributed by atoms with Crippen LogP contribution in [0.5, 0.6) is 5.75 Å². The molecule has 1 aliphatic rings. The second-order valence-electron chi connectivity index (χ2n) is 9.94. The number of fused-ring (bicyclic) bond motifs is 1. The molecule has 0 saturated carbocycles. The Kier molecular flexibility index (Phi) is 9.43. The lowest BCUT2D eigenvalue weighted by molar-refractivity contribution is -0.387. The average Bonchev–Trinajstić information content (AvgIpc) is 3.39. The molecule has 5 aromatic rings. The van der Waals surface area contributed by atoms with Gasteiger partial charge in [-0.25, -0.2) is 19.8 Å². The van der Waals surface area contributed by atoms with E-state index in [2.05, 4.69) is 25.9 Å². The van der Waals surface area contributed by atoms with Gasteiger partial charge >= 0.3 is 5.97 Å². The molecule has 0 radical (unpaired) electrons. The molecule has 0 unspecified atom stereocenters. The Bertz CT molecular complexity index is 2220. The maximum absolute atomic E-state index is 14.3. The van der Waals surface area contributed by atoms with Crippen molar-refractivity contribution in [3.05, 3.63) is 142 Å². The van der Waals surface area contributed by atoms with E-state index >= 15 is 0 Å². The molecular formula is C33H24BrN5O6S2. The molecule has 3 aromatic carbocycles. The van der Waals surface area contributed by atoms with Gasteiger partial charge in [0.1, 0.15) is 11.8 Å². The van der Waals surface area contributed by atoms with E-state index in [0.29, 0.717) is 47.5 Å². The molecule has 14 heteroatoms. The third-order valence-corrected chi connectivity index (χ3v) is 9.52. The van der Waals surface area contributed by atoms with Crippen LogP contribution in [0.3, 0.4) is 0 Å². The molecule has 2 aromatic heterocycles. The summed E-state index contributed by atoms with van der Waals surface area (Å²) in [7, 11) is 1.51. The van der Waals surface area contributed by atoms with Crippen LogP contribution in [-0.4, -0.2) is 39.1 Å². The first kappa shape index (κ1) is 32.0. The Morgan fingerprint density at radius 2 is 1.87 bits per heavy atom. The summed E-state index contributed by atoms with van der Waals surface area (Å²) in [5.74, 6) is -0.169. The predicted molar refractivity (Wildman–Crippen MR) is 181 cm³/mol. The van der Waals surface area contributed by atoms with Crippen molar-refractivity contribution >= 4 is 62.5 Å². The van der Waals surface area contributed by atoms with Crippen LogP contribution in [0.15, 0.2) is 115 Å². The molecule has 1 aliphatic heterocycles. The third kappa shape index (κ3) is 6.52. The van der Waals surface area contributed by atoms with Crippen LogP contribution in [-0.2, 0) is 9.53 Å². The largest absolute Gasteiger partial charge is 0.496 e. The van der Waals surface area contributed by atoms with Crippen LogP contribution in [0.1, 0.15) is 29.7 Å². The number of thiazole rings is 1. The average molecular weight is 731 g/mol. The standard InChI is InChI=1S/C33H24BrN5O6S2/c1-3-45-31(41)27-28(20-8-5-4-6-9-20)37-33-38(29(27)22-18-21(34)11-12-24(22)44-2)30(40)26(47-33)17-19-10-13-25(23(16-19)39(42)43)46-32-35-14-7-15-36-32/h4-18,29H,3H2,1-2H3/b26-17-/t29-/m1/s1. The molecule has 3 heterocycles. The number of ether oxygens (including phenoxy) is 2. The number of hydrogen-bond donors (Lipinski definition) is 0. The lowest BCUT2D eigenvalue weighted by Crippen LogP contribution is -2.40. The van der Waals surface area contributed by atoms with Gasteiger partial charge < -0.3 is 9.47 Å². The Hall–Kier alpha value is -4.92. The molecular weight excluding hydrogens is 706 g/mol. The van der Waals surface area contributed by atoms with Gasteiger partial charge in [0.25, 0.3) is 11.2 Å². The van der Waals surface area contributed by atoms with Gasteiger partial charge in [0.05, 0.1) is 39.3 Å². The monoisotopic (exact) mass is 729 g/mol. The third-order valence-electron chi connectivity index (χ3n) is 7.08. The Balaban J connectivity index is 1.58. The minimum Gasteiger partial charge on any atom is -0.496 e. The number of halogens is 1. The first-order valence-electron chi connectivity index (χ1n) is 14.1. The molecule has 0 fully saturated rings. The summed E-state index contributed by atoms with van der Waals surface area (Å²) in [5.41, 5.74) is 1.59. The smallest absolute Gasteiger partial charge is 0.338 e. The number of nitrogens with zero attached hydrogens (tertiary/aromatic N) is 5. The molecule has 0 N–H and O–H groups in total. The molecule has 0 spiro atoms. The molecule has 11 nitrogen and oxygen atoms in total. The van der Waals surface area contributed by atoms with Gasteiger partial charge in [-0.15, -0.1) is 0 Å². The van der Waals surface area contributed by atoms with E-state index in [1.807, 2.05) is 30.3 Å². The van der Waals surface area contributed by atoms with E-state index in [1.54, 1.807) is 61.8 Å². The van der Waals surface area contributed by atoms with Crippen molar-refractivity contribution in [3.8, 4) is 5.75 Å². The lowest BCUT2D eigenvalue weighted by atomic mass is 9.92. The van der Waals surface area contributed by atoms with Gasteiger partial charge in [0, 0.05) is 34.1 Å². The van der Waals surface area contributed by atoms with E-state index in [9.17, 15) is 19.7 Å². The summed E-state index contributed by atoms with van der Waals surface area (Å²) < 4.78 is 13.7. The predicted octanol–water partition coefficient (Wildman–Crippen LogP) is 5.56. The number of methoxy groups -OCH3 is 1. The molecule has 0 amide bonds. The first-order chi connectivity index (χ1) is 22.8. The van der Waals surface area contributed by atoms with Crippen LogP contribution in [0.25, 0.3) is 11.8 Å². The van der Waals surface area contributed by atoms with Crippen molar-refractivity contribution in [1.82, 2.24) is 14.5 Å². The highest BCUT2D eigenvalue weighted by molar-refractivity contribution is 9.10. The van der Waals surface area contributed by atoms with Gasteiger partial charge in [-0.3, -0.25) is 19.5 Å². The van der Waals surface area contributed by atoms with Crippen LogP contribution >= 0.6 is 39.0 Å². The van der Waals surface area contributed by atoms with Crippen LogP contribution in [0.4, 0.5) is 5.69 Å². The van der Waals surface area contributed by atoms with Gasteiger partial charge in [0.2, 0.25) is 0 Å². The highest BCUT2D eigenvalue weighted by atomic mass is 79.9. The number of hydrogen-bond acceptors (Lipinski definition) is 11.